The first-order valence-electron chi connectivity index (χ1n) is 24.2. The average Bonchev–Trinajstić information content (AvgIpc) is 3.23. The van der Waals surface area contributed by atoms with Gasteiger partial charge in [-0.3, -0.25) is 9.35 Å². The first-order valence-corrected chi connectivity index (χ1v) is 25.6. The van der Waals surface area contributed by atoms with Gasteiger partial charge in [0.1, 0.15) is 30.5 Å². The van der Waals surface area contributed by atoms with Crippen molar-refractivity contribution in [3.05, 3.63) is 36.5 Å². The van der Waals surface area contributed by atoms with Crippen molar-refractivity contribution in [3.63, 3.8) is 0 Å². The van der Waals surface area contributed by atoms with Crippen molar-refractivity contribution >= 4 is 16.4 Å². The molecule has 0 aromatic heterocycles. The molecule has 6 unspecified atom stereocenters. The summed E-state index contributed by atoms with van der Waals surface area (Å²) in [4.78, 5) is 12.9. The molecule has 0 spiro atoms. The second kappa shape index (κ2) is 39.9. The molecule has 0 amide bonds. The fraction of sp³-hybridized carbons (Fsp3) is 0.854. The third-order valence-electron chi connectivity index (χ3n) is 11.0. The second-order valence-corrected chi connectivity index (χ2v) is 17.7. The van der Waals surface area contributed by atoms with Gasteiger partial charge in [-0.2, -0.15) is 8.42 Å². The molecule has 4 N–H and O–H groups in total. The standard InChI is InChI=1S/C48H88O12S/c1-3-5-7-9-11-13-15-17-19-21-22-23-25-27-29-31-33-35-37-44(50)58-42(41-57-48-46(52)47(60-61(53,54)55)45(51)43(39-49)59-48)40-56-38-36-34-32-30-28-26-24-20-18-16-14-12-10-8-6-4-2/h13,15,18-21,42-43,45-49,51-52H,3-12,14,16-17,22-41H2,1-2H3,(H,53,54,55)/b15-13-,20-18-,21-19-. The van der Waals surface area contributed by atoms with E-state index in [4.69, 9.17) is 18.9 Å². The van der Waals surface area contributed by atoms with Gasteiger partial charge in [-0.05, 0) is 70.6 Å². The van der Waals surface area contributed by atoms with Crippen LogP contribution in [0.25, 0.3) is 0 Å². The Morgan fingerprint density at radius 1 is 0.623 bits per heavy atom. The van der Waals surface area contributed by atoms with Crippen LogP contribution in [0.15, 0.2) is 36.5 Å². The smallest absolute Gasteiger partial charge is 0.397 e. The van der Waals surface area contributed by atoms with Crippen molar-refractivity contribution in [3.8, 4) is 0 Å². The van der Waals surface area contributed by atoms with Gasteiger partial charge in [0, 0.05) is 13.0 Å². The van der Waals surface area contributed by atoms with Crippen molar-refractivity contribution in [2.24, 2.45) is 0 Å². The van der Waals surface area contributed by atoms with Crippen LogP contribution in [0.3, 0.4) is 0 Å². The summed E-state index contributed by atoms with van der Waals surface area (Å²) in [7, 11) is -5.06. The van der Waals surface area contributed by atoms with Crippen LogP contribution in [-0.4, -0.2) is 97.5 Å². The van der Waals surface area contributed by atoms with E-state index in [0.717, 1.165) is 57.8 Å². The zero-order chi connectivity index (χ0) is 44.7. The highest BCUT2D eigenvalue weighted by molar-refractivity contribution is 7.80. The van der Waals surface area contributed by atoms with Crippen LogP contribution in [0.4, 0.5) is 0 Å². The van der Waals surface area contributed by atoms with Crippen molar-refractivity contribution in [2.45, 2.75) is 237 Å². The molecule has 0 bridgehead atoms. The lowest BCUT2D eigenvalue weighted by Crippen LogP contribution is -2.60. The quantitative estimate of drug-likeness (QED) is 0.0198. The molecule has 61 heavy (non-hydrogen) atoms. The number of rotatable bonds is 42. The van der Waals surface area contributed by atoms with Crippen molar-refractivity contribution in [1.82, 2.24) is 0 Å². The minimum atomic E-state index is -5.06. The lowest BCUT2D eigenvalue weighted by Gasteiger charge is -2.41. The van der Waals surface area contributed by atoms with Crippen LogP contribution in [0.5, 0.6) is 0 Å². The van der Waals surface area contributed by atoms with Gasteiger partial charge >= 0.3 is 16.4 Å². The molecule has 12 nitrogen and oxygen atoms in total. The van der Waals surface area contributed by atoms with E-state index in [0.29, 0.717) is 13.0 Å². The fourth-order valence-electron chi connectivity index (χ4n) is 7.29. The van der Waals surface area contributed by atoms with Crippen molar-refractivity contribution in [1.29, 1.82) is 0 Å². The van der Waals surface area contributed by atoms with Crippen LogP contribution < -0.4 is 0 Å². The van der Waals surface area contributed by atoms with E-state index in [1.54, 1.807) is 0 Å². The number of hydrogen-bond donors (Lipinski definition) is 4. The highest BCUT2D eigenvalue weighted by Gasteiger charge is 2.48. The van der Waals surface area contributed by atoms with Gasteiger partial charge in [0.05, 0.1) is 19.8 Å². The molecule has 0 aromatic carbocycles. The number of hydrogen-bond acceptors (Lipinski definition) is 11. The normalized spacial score (nSPS) is 20.4. The molecule has 6 atom stereocenters. The van der Waals surface area contributed by atoms with E-state index < -0.39 is 59.8 Å². The monoisotopic (exact) mass is 889 g/mol. The molecule has 358 valence electrons. The summed E-state index contributed by atoms with van der Waals surface area (Å²) in [5.74, 6) is -0.408. The molecule has 1 rings (SSSR count). The largest absolute Gasteiger partial charge is 0.457 e. The summed E-state index contributed by atoms with van der Waals surface area (Å²) in [6.07, 6.45) is 37.4. The molecule has 1 saturated heterocycles. The summed E-state index contributed by atoms with van der Waals surface area (Å²) in [6.45, 7) is 3.96. The number of aliphatic hydroxyl groups is 3. The molecular formula is C48H88O12S. The molecule has 13 heteroatoms. The Labute approximate surface area is 371 Å². The van der Waals surface area contributed by atoms with Crippen molar-refractivity contribution < 1.29 is 56.2 Å². The maximum atomic E-state index is 12.9. The van der Waals surface area contributed by atoms with Gasteiger partial charge in [-0.15, -0.1) is 0 Å². The number of allylic oxidation sites excluding steroid dienone is 6. The third-order valence-corrected chi connectivity index (χ3v) is 11.5. The summed E-state index contributed by atoms with van der Waals surface area (Å²) >= 11 is 0. The maximum Gasteiger partial charge on any atom is 0.397 e. The Kier molecular flexibility index (Phi) is 37.5. The van der Waals surface area contributed by atoms with E-state index in [9.17, 15) is 33.1 Å². The van der Waals surface area contributed by atoms with Gasteiger partial charge < -0.3 is 34.3 Å². The van der Waals surface area contributed by atoms with E-state index in [1.807, 2.05) is 0 Å². The van der Waals surface area contributed by atoms with Crippen molar-refractivity contribution in [2.75, 3.05) is 26.4 Å². The average molecular weight is 889 g/mol. The molecule has 0 aliphatic carbocycles. The topological polar surface area (TPSA) is 178 Å². The van der Waals surface area contributed by atoms with Gasteiger partial charge in [0.25, 0.3) is 0 Å². The predicted octanol–water partition coefficient (Wildman–Crippen LogP) is 10.6. The maximum absolute atomic E-state index is 12.9. The molecule has 0 radical (unpaired) electrons. The summed E-state index contributed by atoms with van der Waals surface area (Å²) < 4.78 is 59.1. The predicted molar refractivity (Wildman–Crippen MR) is 243 cm³/mol. The van der Waals surface area contributed by atoms with E-state index in [2.05, 4.69) is 54.5 Å². The molecule has 1 fully saturated rings. The summed E-state index contributed by atoms with van der Waals surface area (Å²) in [6, 6.07) is 0. The molecule has 1 heterocycles. The zero-order valence-electron chi connectivity index (χ0n) is 38.2. The Bertz CT molecular complexity index is 1210. The van der Waals surface area contributed by atoms with Crippen LogP contribution in [0, 0.1) is 0 Å². The molecule has 1 aliphatic rings. The first kappa shape index (κ1) is 57.3. The molecule has 0 aromatic rings. The van der Waals surface area contributed by atoms with Crippen LogP contribution in [0.1, 0.15) is 200 Å². The van der Waals surface area contributed by atoms with Gasteiger partial charge in [0.2, 0.25) is 0 Å². The second-order valence-electron chi connectivity index (χ2n) is 16.7. The molecular weight excluding hydrogens is 801 g/mol. The number of aliphatic hydroxyl groups excluding tert-OH is 3. The highest BCUT2D eigenvalue weighted by atomic mass is 32.3. The van der Waals surface area contributed by atoms with Crippen LogP contribution in [0.2, 0.25) is 0 Å². The van der Waals surface area contributed by atoms with Crippen LogP contribution >= 0.6 is 0 Å². The van der Waals surface area contributed by atoms with Crippen LogP contribution in [-0.2, 0) is 38.3 Å². The Hall–Kier alpha value is -1.68. The SMILES string of the molecule is CCCCCC/C=C\C/C=C\CCCCCCCCCC(=O)OC(COCCCCCCCC/C=C\CCCCCCCC)COC1OC(CO)C(O)C(OS(=O)(=O)O)C1O. The Balaban J connectivity index is 2.41. The Morgan fingerprint density at radius 2 is 1.08 bits per heavy atom. The highest BCUT2D eigenvalue weighted by Crippen LogP contribution is 2.26. The lowest BCUT2D eigenvalue weighted by atomic mass is 9.99. The van der Waals surface area contributed by atoms with E-state index in [1.165, 1.54) is 116 Å². The first-order chi connectivity index (χ1) is 29.6. The van der Waals surface area contributed by atoms with E-state index >= 15 is 0 Å². The minimum Gasteiger partial charge on any atom is -0.457 e. The minimum absolute atomic E-state index is 0.0294. The number of esters is 1. The van der Waals surface area contributed by atoms with E-state index in [-0.39, 0.29) is 19.6 Å². The zero-order valence-corrected chi connectivity index (χ0v) is 39.0. The third kappa shape index (κ3) is 33.5. The van der Waals surface area contributed by atoms with Gasteiger partial charge in [-0.25, -0.2) is 4.18 Å². The van der Waals surface area contributed by atoms with Gasteiger partial charge in [-0.1, -0.05) is 159 Å². The Morgan fingerprint density at radius 3 is 1.59 bits per heavy atom. The fourth-order valence-corrected chi connectivity index (χ4v) is 7.79. The summed E-state index contributed by atoms with van der Waals surface area (Å²) in [5, 5.41) is 30.7. The number of carbonyl (C=O) groups excluding carboxylic acids is 1. The summed E-state index contributed by atoms with van der Waals surface area (Å²) in [5.41, 5.74) is 0. The number of ether oxygens (including phenoxy) is 4. The molecule has 1 aliphatic heterocycles. The van der Waals surface area contributed by atoms with Gasteiger partial charge in [0.15, 0.2) is 6.29 Å². The number of unbranched alkanes of at least 4 members (excludes halogenated alkanes) is 23. The number of carbonyl (C=O) groups is 1. The lowest BCUT2D eigenvalue weighted by molar-refractivity contribution is -0.301. The molecule has 0 saturated carbocycles.